The summed E-state index contributed by atoms with van der Waals surface area (Å²) in [4.78, 5) is 11.8. The molecule has 0 unspecified atom stereocenters. The molecule has 15 heavy (non-hydrogen) atoms. The SMILES string of the molecule is Cc1cc(F)c2c(c1Cl)C(=O)CC2(C)C. The topological polar surface area (TPSA) is 17.1 Å². The Morgan fingerprint density at radius 1 is 1.47 bits per heavy atom. The maximum Gasteiger partial charge on any atom is 0.165 e. The fraction of sp³-hybridized carbons (Fsp3) is 0.417. The third-order valence-corrected chi connectivity index (χ3v) is 3.44. The molecular formula is C12H12ClFO. The lowest BCUT2D eigenvalue weighted by Crippen LogP contribution is -2.14. The third-order valence-electron chi connectivity index (χ3n) is 2.96. The second-order valence-electron chi connectivity index (χ2n) is 4.72. The maximum atomic E-state index is 13.8. The number of ketones is 1. The molecule has 2 rings (SSSR count). The van der Waals surface area contributed by atoms with Gasteiger partial charge in [-0.1, -0.05) is 25.4 Å². The maximum absolute atomic E-state index is 13.8. The number of Topliss-reactive ketones (excluding diaryl/α,β-unsaturated/α-hetero) is 1. The van der Waals surface area contributed by atoms with Gasteiger partial charge in [0, 0.05) is 23.0 Å². The lowest BCUT2D eigenvalue weighted by atomic mass is 9.86. The van der Waals surface area contributed by atoms with Crippen molar-refractivity contribution in [1.29, 1.82) is 0 Å². The van der Waals surface area contributed by atoms with Crippen LogP contribution in [-0.4, -0.2) is 5.78 Å². The van der Waals surface area contributed by atoms with Crippen LogP contribution in [0.25, 0.3) is 0 Å². The average molecular weight is 227 g/mol. The highest BCUT2D eigenvalue weighted by Gasteiger charge is 2.40. The molecule has 0 fully saturated rings. The molecule has 1 aromatic rings. The van der Waals surface area contributed by atoms with Crippen LogP contribution in [0.15, 0.2) is 6.07 Å². The number of rotatable bonds is 0. The minimum atomic E-state index is -0.437. The van der Waals surface area contributed by atoms with E-state index in [4.69, 9.17) is 11.6 Å². The van der Waals surface area contributed by atoms with Gasteiger partial charge >= 0.3 is 0 Å². The number of hydrogen-bond acceptors (Lipinski definition) is 1. The van der Waals surface area contributed by atoms with Crippen molar-refractivity contribution in [3.8, 4) is 0 Å². The van der Waals surface area contributed by atoms with E-state index in [1.807, 2.05) is 13.8 Å². The highest BCUT2D eigenvalue weighted by Crippen LogP contribution is 2.43. The molecule has 0 aliphatic heterocycles. The van der Waals surface area contributed by atoms with Gasteiger partial charge in [-0.05, 0) is 18.6 Å². The molecule has 0 saturated heterocycles. The summed E-state index contributed by atoms with van der Waals surface area (Å²) in [5.74, 6) is -0.370. The smallest absolute Gasteiger partial charge is 0.165 e. The van der Waals surface area contributed by atoms with E-state index in [0.29, 0.717) is 28.1 Å². The van der Waals surface area contributed by atoms with Gasteiger partial charge in [0.1, 0.15) is 5.82 Å². The van der Waals surface area contributed by atoms with Crippen molar-refractivity contribution in [3.05, 3.63) is 33.6 Å². The Bertz CT molecular complexity index is 463. The van der Waals surface area contributed by atoms with Crippen LogP contribution in [-0.2, 0) is 5.41 Å². The van der Waals surface area contributed by atoms with Crippen LogP contribution in [0.4, 0.5) is 4.39 Å². The molecule has 1 nitrogen and oxygen atoms in total. The van der Waals surface area contributed by atoms with Gasteiger partial charge in [-0.3, -0.25) is 4.79 Å². The predicted octanol–water partition coefficient (Wildman–Crippen LogP) is 3.65. The molecular weight excluding hydrogens is 215 g/mol. The summed E-state index contributed by atoms with van der Waals surface area (Å²) in [6.07, 6.45) is 0.336. The number of hydrogen-bond donors (Lipinski definition) is 0. The number of carbonyl (C=O) groups is 1. The Hall–Kier alpha value is -0.890. The molecule has 0 radical (unpaired) electrons. The summed E-state index contributed by atoms with van der Waals surface area (Å²) in [7, 11) is 0. The van der Waals surface area contributed by atoms with Gasteiger partial charge in [0.15, 0.2) is 5.78 Å². The first-order valence-corrected chi connectivity index (χ1v) is 5.24. The molecule has 0 aromatic heterocycles. The van der Waals surface area contributed by atoms with Crippen LogP contribution in [0.1, 0.15) is 41.8 Å². The highest BCUT2D eigenvalue weighted by atomic mass is 35.5. The van der Waals surface area contributed by atoms with E-state index in [-0.39, 0.29) is 11.6 Å². The van der Waals surface area contributed by atoms with Crippen molar-refractivity contribution in [2.45, 2.75) is 32.6 Å². The monoisotopic (exact) mass is 226 g/mol. The molecule has 3 heteroatoms. The fourth-order valence-electron chi connectivity index (χ4n) is 2.25. The van der Waals surface area contributed by atoms with E-state index < -0.39 is 5.41 Å². The first-order valence-electron chi connectivity index (χ1n) is 4.87. The van der Waals surface area contributed by atoms with Gasteiger partial charge < -0.3 is 0 Å². The van der Waals surface area contributed by atoms with Crippen molar-refractivity contribution in [1.82, 2.24) is 0 Å². The van der Waals surface area contributed by atoms with E-state index >= 15 is 0 Å². The van der Waals surface area contributed by atoms with Crippen LogP contribution in [0.3, 0.4) is 0 Å². The number of fused-ring (bicyclic) bond motifs is 1. The summed E-state index contributed by atoms with van der Waals surface area (Å²) in [6, 6.07) is 1.40. The predicted molar refractivity (Wildman–Crippen MR) is 58.1 cm³/mol. The van der Waals surface area contributed by atoms with Crippen molar-refractivity contribution in [2.75, 3.05) is 0 Å². The largest absolute Gasteiger partial charge is 0.294 e. The molecule has 0 amide bonds. The Kier molecular flexibility index (Phi) is 2.16. The van der Waals surface area contributed by atoms with Crippen LogP contribution in [0.5, 0.6) is 0 Å². The zero-order valence-corrected chi connectivity index (χ0v) is 9.70. The second kappa shape index (κ2) is 3.05. The summed E-state index contributed by atoms with van der Waals surface area (Å²) in [5, 5.41) is 0.405. The molecule has 1 aliphatic carbocycles. The highest BCUT2D eigenvalue weighted by molar-refractivity contribution is 6.35. The number of halogens is 2. The number of carbonyl (C=O) groups excluding carboxylic acids is 1. The normalized spacial score (nSPS) is 18.1. The van der Waals surface area contributed by atoms with Gasteiger partial charge in [0.05, 0.1) is 5.02 Å². The third kappa shape index (κ3) is 1.39. The minimum Gasteiger partial charge on any atom is -0.294 e. The molecule has 0 atom stereocenters. The molecule has 80 valence electrons. The van der Waals surface area contributed by atoms with Crippen molar-refractivity contribution >= 4 is 17.4 Å². The van der Waals surface area contributed by atoms with Crippen molar-refractivity contribution in [3.63, 3.8) is 0 Å². The summed E-state index contributed by atoms with van der Waals surface area (Å²) in [6.45, 7) is 5.45. The van der Waals surface area contributed by atoms with Crippen LogP contribution in [0.2, 0.25) is 5.02 Å². The van der Waals surface area contributed by atoms with Gasteiger partial charge in [0.25, 0.3) is 0 Å². The van der Waals surface area contributed by atoms with Crippen LogP contribution < -0.4 is 0 Å². The number of benzene rings is 1. The van der Waals surface area contributed by atoms with Crippen molar-refractivity contribution in [2.24, 2.45) is 0 Å². The average Bonchev–Trinajstić information content (AvgIpc) is 2.32. The lowest BCUT2D eigenvalue weighted by molar-refractivity contribution is 0.0979. The summed E-state index contributed by atoms with van der Waals surface area (Å²) < 4.78 is 13.8. The molecule has 0 N–H and O–H groups in total. The van der Waals surface area contributed by atoms with E-state index in [0.717, 1.165) is 0 Å². The molecule has 0 bridgehead atoms. The zero-order valence-electron chi connectivity index (χ0n) is 8.95. The molecule has 0 heterocycles. The van der Waals surface area contributed by atoms with Crippen LogP contribution in [0, 0.1) is 12.7 Å². The van der Waals surface area contributed by atoms with E-state index in [9.17, 15) is 9.18 Å². The molecule has 1 aliphatic rings. The zero-order chi connectivity index (χ0) is 11.4. The van der Waals surface area contributed by atoms with Crippen LogP contribution >= 0.6 is 11.6 Å². The second-order valence-corrected chi connectivity index (χ2v) is 5.10. The molecule has 1 aromatic carbocycles. The Morgan fingerprint density at radius 2 is 2.07 bits per heavy atom. The summed E-state index contributed by atoms with van der Waals surface area (Å²) in [5.41, 5.74) is 1.05. The minimum absolute atomic E-state index is 0.0531. The molecule has 0 spiro atoms. The van der Waals surface area contributed by atoms with Gasteiger partial charge in [-0.25, -0.2) is 4.39 Å². The van der Waals surface area contributed by atoms with Gasteiger partial charge in [-0.2, -0.15) is 0 Å². The van der Waals surface area contributed by atoms with Crippen molar-refractivity contribution < 1.29 is 9.18 Å². The first-order chi connectivity index (χ1) is 6.84. The van der Waals surface area contributed by atoms with E-state index in [2.05, 4.69) is 0 Å². The van der Waals surface area contributed by atoms with Gasteiger partial charge in [0.2, 0.25) is 0 Å². The Balaban J connectivity index is 2.84. The van der Waals surface area contributed by atoms with E-state index in [1.165, 1.54) is 6.07 Å². The first kappa shape index (κ1) is 10.6. The standard InChI is InChI=1S/C12H12ClFO/c1-6-4-7(14)10-9(11(6)13)8(15)5-12(10,2)3/h4H,5H2,1-3H3. The lowest BCUT2D eigenvalue weighted by Gasteiger charge is -2.19. The molecule has 0 saturated carbocycles. The quantitative estimate of drug-likeness (QED) is 0.660. The summed E-state index contributed by atoms with van der Waals surface area (Å²) >= 11 is 6.05. The Morgan fingerprint density at radius 3 is 2.67 bits per heavy atom. The fourth-order valence-corrected chi connectivity index (χ4v) is 2.51. The van der Waals surface area contributed by atoms with Gasteiger partial charge in [-0.15, -0.1) is 0 Å². The Labute approximate surface area is 93.2 Å². The number of aryl methyl sites for hydroxylation is 1. The van der Waals surface area contributed by atoms with E-state index in [1.54, 1.807) is 6.92 Å².